The van der Waals surface area contributed by atoms with Crippen LogP contribution in [0, 0.1) is 5.82 Å². The van der Waals surface area contributed by atoms with Gasteiger partial charge in [-0.25, -0.2) is 9.18 Å². The molecule has 5 nitrogen and oxygen atoms in total. The number of nitrogens with one attached hydrogen (secondary N) is 2. The van der Waals surface area contributed by atoms with Crippen LogP contribution in [-0.2, 0) is 0 Å². The van der Waals surface area contributed by atoms with Gasteiger partial charge < -0.3 is 20.5 Å². The third-order valence-corrected chi connectivity index (χ3v) is 3.52. The largest absolute Gasteiger partial charge is 0.433 e. The first-order valence-corrected chi connectivity index (χ1v) is 6.90. The summed E-state index contributed by atoms with van der Waals surface area (Å²) in [6.45, 7) is -3.05. The number of anilines is 1. The van der Waals surface area contributed by atoms with Crippen molar-refractivity contribution in [3.63, 3.8) is 0 Å². The van der Waals surface area contributed by atoms with E-state index in [-0.39, 0.29) is 18.0 Å². The monoisotopic (exact) mass is 318 g/mol. The number of urea groups is 1. The van der Waals surface area contributed by atoms with Gasteiger partial charge in [0.2, 0.25) is 0 Å². The lowest BCUT2D eigenvalue weighted by Gasteiger charge is -2.22. The third-order valence-electron chi connectivity index (χ3n) is 3.52. The number of halogens is 3. The predicted octanol–water partition coefficient (Wildman–Crippen LogP) is 2.85. The maximum Gasteiger partial charge on any atom is 0.387 e. The number of aliphatic hydroxyl groups is 1. The minimum Gasteiger partial charge on any atom is -0.433 e. The van der Waals surface area contributed by atoms with Crippen molar-refractivity contribution >= 4 is 11.7 Å². The van der Waals surface area contributed by atoms with Gasteiger partial charge in [-0.2, -0.15) is 8.78 Å². The van der Waals surface area contributed by atoms with E-state index < -0.39 is 24.1 Å². The summed E-state index contributed by atoms with van der Waals surface area (Å²) in [7, 11) is 0. The van der Waals surface area contributed by atoms with Gasteiger partial charge >= 0.3 is 12.6 Å². The van der Waals surface area contributed by atoms with Gasteiger partial charge in [0.25, 0.3) is 0 Å². The quantitative estimate of drug-likeness (QED) is 0.782. The second-order valence-electron chi connectivity index (χ2n) is 5.26. The van der Waals surface area contributed by atoms with Gasteiger partial charge in [-0.1, -0.05) is 12.8 Å². The van der Waals surface area contributed by atoms with Gasteiger partial charge in [-0.05, 0) is 25.0 Å². The number of benzene rings is 1. The van der Waals surface area contributed by atoms with Crippen LogP contribution in [0.5, 0.6) is 5.75 Å². The molecule has 2 rings (SSSR count). The molecule has 1 aromatic carbocycles. The van der Waals surface area contributed by atoms with Crippen LogP contribution >= 0.6 is 0 Å². The van der Waals surface area contributed by atoms with Crippen LogP contribution in [0.4, 0.5) is 23.7 Å². The molecule has 122 valence electrons. The van der Waals surface area contributed by atoms with Crippen molar-refractivity contribution in [1.29, 1.82) is 0 Å². The van der Waals surface area contributed by atoms with Gasteiger partial charge in [0.05, 0.1) is 11.3 Å². The standard InChI is InChI=1S/C14H17F3N2O3/c15-9-3-4-11(22-12(16)17)10(7-9)19-13(20)18-8-14(21)5-1-2-6-14/h3-4,7,12,21H,1-2,5-6,8H2,(H2,18,19,20). The molecule has 0 atom stereocenters. The Morgan fingerprint density at radius 1 is 1.36 bits per heavy atom. The zero-order valence-electron chi connectivity index (χ0n) is 11.7. The molecular formula is C14H17F3N2O3. The fourth-order valence-electron chi connectivity index (χ4n) is 2.42. The van der Waals surface area contributed by atoms with Crippen LogP contribution in [0.1, 0.15) is 25.7 Å². The summed E-state index contributed by atoms with van der Waals surface area (Å²) >= 11 is 0. The second-order valence-corrected chi connectivity index (χ2v) is 5.26. The molecule has 8 heteroatoms. The zero-order valence-corrected chi connectivity index (χ0v) is 11.7. The normalized spacial score (nSPS) is 16.6. The summed E-state index contributed by atoms with van der Waals surface area (Å²) in [5.74, 6) is -1.04. The van der Waals surface area contributed by atoms with E-state index in [0.29, 0.717) is 12.8 Å². The highest BCUT2D eigenvalue weighted by molar-refractivity contribution is 5.90. The molecule has 0 spiro atoms. The molecule has 1 aliphatic rings. The van der Waals surface area contributed by atoms with E-state index in [1.165, 1.54) is 0 Å². The van der Waals surface area contributed by atoms with Crippen LogP contribution in [0.15, 0.2) is 18.2 Å². The minimum atomic E-state index is -3.09. The Labute approximate surface area is 125 Å². The molecular weight excluding hydrogens is 301 g/mol. The van der Waals surface area contributed by atoms with Crippen molar-refractivity contribution in [3.05, 3.63) is 24.0 Å². The van der Waals surface area contributed by atoms with Crippen molar-refractivity contribution in [3.8, 4) is 5.75 Å². The highest BCUT2D eigenvalue weighted by atomic mass is 19.3. The Balaban J connectivity index is 1.96. The van der Waals surface area contributed by atoms with Crippen LogP contribution in [0.3, 0.4) is 0 Å². The molecule has 1 saturated carbocycles. The highest BCUT2D eigenvalue weighted by Crippen LogP contribution is 2.29. The number of hydrogen-bond donors (Lipinski definition) is 3. The van der Waals surface area contributed by atoms with Crippen molar-refractivity contribution in [1.82, 2.24) is 5.32 Å². The van der Waals surface area contributed by atoms with Crippen LogP contribution in [0.25, 0.3) is 0 Å². The summed E-state index contributed by atoms with van der Waals surface area (Å²) in [5.41, 5.74) is -1.15. The lowest BCUT2D eigenvalue weighted by Crippen LogP contribution is -2.42. The first kappa shape index (κ1) is 16.4. The fraction of sp³-hybridized carbons (Fsp3) is 0.500. The molecule has 0 aromatic heterocycles. The van der Waals surface area contributed by atoms with Crippen molar-refractivity contribution in [2.75, 3.05) is 11.9 Å². The molecule has 1 fully saturated rings. The van der Waals surface area contributed by atoms with Crippen LogP contribution in [-0.4, -0.2) is 29.9 Å². The smallest absolute Gasteiger partial charge is 0.387 e. The van der Waals surface area contributed by atoms with E-state index in [9.17, 15) is 23.1 Å². The Hall–Kier alpha value is -1.96. The predicted molar refractivity (Wildman–Crippen MR) is 73.5 cm³/mol. The lowest BCUT2D eigenvalue weighted by molar-refractivity contribution is -0.0494. The summed E-state index contributed by atoms with van der Waals surface area (Å²) in [6, 6.07) is 2.09. The Morgan fingerprint density at radius 2 is 2.05 bits per heavy atom. The lowest BCUT2D eigenvalue weighted by atomic mass is 10.0. The molecule has 0 radical (unpaired) electrons. The Kier molecular flexibility index (Phi) is 5.12. The molecule has 22 heavy (non-hydrogen) atoms. The fourth-order valence-corrected chi connectivity index (χ4v) is 2.42. The van der Waals surface area contributed by atoms with E-state index in [2.05, 4.69) is 15.4 Å². The summed E-state index contributed by atoms with van der Waals surface area (Å²) in [4.78, 5) is 11.8. The number of ether oxygens (including phenoxy) is 1. The van der Waals surface area contributed by atoms with Gasteiger partial charge in [-0.15, -0.1) is 0 Å². The van der Waals surface area contributed by atoms with Gasteiger partial charge in [0.1, 0.15) is 11.6 Å². The van der Waals surface area contributed by atoms with Crippen molar-refractivity contribution in [2.24, 2.45) is 0 Å². The van der Waals surface area contributed by atoms with E-state index in [1.54, 1.807) is 0 Å². The van der Waals surface area contributed by atoms with E-state index in [4.69, 9.17) is 0 Å². The van der Waals surface area contributed by atoms with Gasteiger partial charge in [-0.3, -0.25) is 0 Å². The average Bonchev–Trinajstić information content (AvgIpc) is 2.87. The number of carbonyl (C=O) groups is 1. The molecule has 3 N–H and O–H groups in total. The summed E-state index contributed by atoms with van der Waals surface area (Å²) in [6.07, 6.45) is 2.95. The van der Waals surface area contributed by atoms with E-state index in [1.807, 2.05) is 0 Å². The first-order valence-electron chi connectivity index (χ1n) is 6.90. The Bertz CT molecular complexity index is 534. The average molecular weight is 318 g/mol. The number of amides is 2. The topological polar surface area (TPSA) is 70.6 Å². The molecule has 0 aliphatic heterocycles. The summed E-state index contributed by atoms with van der Waals surface area (Å²) in [5, 5.41) is 14.8. The maximum atomic E-state index is 13.2. The number of alkyl halides is 2. The van der Waals surface area contributed by atoms with Crippen molar-refractivity contribution < 1.29 is 27.8 Å². The molecule has 0 bridgehead atoms. The minimum absolute atomic E-state index is 0.0409. The SMILES string of the molecule is O=C(NCC1(O)CCCC1)Nc1cc(F)ccc1OC(F)F. The third kappa shape index (κ3) is 4.52. The summed E-state index contributed by atoms with van der Waals surface area (Å²) < 4.78 is 41.9. The molecule has 1 aliphatic carbocycles. The van der Waals surface area contributed by atoms with Gasteiger partial charge in [0, 0.05) is 12.6 Å². The molecule has 0 heterocycles. The van der Waals surface area contributed by atoms with Crippen LogP contribution < -0.4 is 15.4 Å². The second kappa shape index (κ2) is 6.87. The van der Waals surface area contributed by atoms with E-state index >= 15 is 0 Å². The Morgan fingerprint density at radius 3 is 2.68 bits per heavy atom. The van der Waals surface area contributed by atoms with Crippen LogP contribution in [0.2, 0.25) is 0 Å². The number of carbonyl (C=O) groups excluding carboxylic acids is 1. The zero-order chi connectivity index (χ0) is 16.2. The van der Waals surface area contributed by atoms with Crippen molar-refractivity contribution in [2.45, 2.75) is 37.9 Å². The molecule has 0 saturated heterocycles. The molecule has 2 amide bonds. The highest BCUT2D eigenvalue weighted by Gasteiger charge is 2.31. The first-order chi connectivity index (χ1) is 10.4. The molecule has 1 aromatic rings. The number of rotatable bonds is 5. The maximum absolute atomic E-state index is 13.2. The van der Waals surface area contributed by atoms with Gasteiger partial charge in [0.15, 0.2) is 0 Å². The van der Waals surface area contributed by atoms with E-state index in [0.717, 1.165) is 31.0 Å². The number of hydrogen-bond acceptors (Lipinski definition) is 3. The molecule has 0 unspecified atom stereocenters.